The zero-order chi connectivity index (χ0) is 12.6. The third-order valence-corrected chi connectivity index (χ3v) is 1.71. The number of rotatable bonds is 6. The topological polar surface area (TPSA) is 93.1 Å². The maximum Gasteiger partial charge on any atom is 0.358 e. The fourth-order valence-corrected chi connectivity index (χ4v) is 1.03. The van der Waals surface area contributed by atoms with Crippen molar-refractivity contribution in [3.8, 4) is 0 Å². The number of aliphatic hydroxyl groups is 2. The van der Waals surface area contributed by atoms with Gasteiger partial charge in [0.25, 0.3) is 0 Å². The van der Waals surface area contributed by atoms with E-state index >= 15 is 0 Å². The van der Waals surface area contributed by atoms with Crippen molar-refractivity contribution in [3.63, 3.8) is 0 Å². The van der Waals surface area contributed by atoms with Crippen molar-refractivity contribution < 1.29 is 29.6 Å². The minimum Gasteiger partial charge on any atom is -0.393 e. The molecule has 6 heteroatoms. The van der Waals surface area contributed by atoms with Gasteiger partial charge in [0.1, 0.15) is 0 Å². The molecule has 0 aromatic rings. The number of carbonyl (C=O) groups excluding carboxylic acids is 2. The van der Waals surface area contributed by atoms with Gasteiger partial charge < -0.3 is 10.2 Å². The highest BCUT2D eigenvalue weighted by Crippen LogP contribution is 2.03. The summed E-state index contributed by atoms with van der Waals surface area (Å²) in [5, 5.41) is 18.1. The third-order valence-electron chi connectivity index (χ3n) is 1.71. The van der Waals surface area contributed by atoms with Crippen molar-refractivity contribution in [2.75, 3.05) is 0 Å². The van der Waals surface area contributed by atoms with E-state index in [0.717, 1.165) is 6.42 Å². The van der Waals surface area contributed by atoms with E-state index in [0.29, 0.717) is 6.42 Å². The van der Waals surface area contributed by atoms with E-state index < -0.39 is 24.1 Å². The Balaban J connectivity index is 3.68. The molecule has 0 saturated carbocycles. The summed E-state index contributed by atoms with van der Waals surface area (Å²) in [5.74, 6) is -1.63. The SMILES string of the molecule is CCCC(O)CC(=O)OOC(=O)CC(C)O. The van der Waals surface area contributed by atoms with Gasteiger partial charge in [-0.1, -0.05) is 13.3 Å². The lowest BCUT2D eigenvalue weighted by Crippen LogP contribution is -2.19. The zero-order valence-electron chi connectivity index (χ0n) is 9.51. The molecule has 0 aliphatic heterocycles. The number of hydrogen-bond acceptors (Lipinski definition) is 6. The van der Waals surface area contributed by atoms with Gasteiger partial charge in [-0.15, -0.1) is 0 Å². The Morgan fingerprint density at radius 1 is 1.12 bits per heavy atom. The van der Waals surface area contributed by atoms with Gasteiger partial charge in [-0.3, -0.25) is 0 Å². The van der Waals surface area contributed by atoms with Crippen LogP contribution < -0.4 is 0 Å². The summed E-state index contributed by atoms with van der Waals surface area (Å²) < 4.78 is 0. The average molecular weight is 234 g/mol. The first-order valence-electron chi connectivity index (χ1n) is 5.22. The molecule has 16 heavy (non-hydrogen) atoms. The van der Waals surface area contributed by atoms with Gasteiger partial charge in [0.05, 0.1) is 25.0 Å². The minimum atomic E-state index is -0.850. The maximum absolute atomic E-state index is 11.0. The molecule has 2 unspecified atom stereocenters. The number of hydrogen-bond donors (Lipinski definition) is 2. The summed E-state index contributed by atoms with van der Waals surface area (Å²) >= 11 is 0. The second-order valence-corrected chi connectivity index (χ2v) is 3.61. The maximum atomic E-state index is 11.0. The lowest BCUT2D eigenvalue weighted by molar-refractivity contribution is -0.261. The monoisotopic (exact) mass is 234 g/mol. The molecule has 0 radical (unpaired) electrons. The molecular formula is C10H18O6. The number of aliphatic hydroxyl groups excluding tert-OH is 2. The van der Waals surface area contributed by atoms with E-state index in [1.807, 2.05) is 6.92 Å². The van der Waals surface area contributed by atoms with Crippen LogP contribution in [0.15, 0.2) is 0 Å². The van der Waals surface area contributed by atoms with E-state index in [2.05, 4.69) is 9.78 Å². The largest absolute Gasteiger partial charge is 0.393 e. The Morgan fingerprint density at radius 3 is 2.06 bits per heavy atom. The predicted molar refractivity (Wildman–Crippen MR) is 54.0 cm³/mol. The first-order chi connectivity index (χ1) is 7.45. The molecule has 0 fully saturated rings. The van der Waals surface area contributed by atoms with Gasteiger partial charge in [-0.25, -0.2) is 19.4 Å². The molecule has 0 aromatic heterocycles. The van der Waals surface area contributed by atoms with Crippen molar-refractivity contribution in [1.82, 2.24) is 0 Å². The average Bonchev–Trinajstić information content (AvgIpc) is 2.14. The van der Waals surface area contributed by atoms with Crippen LogP contribution in [0.1, 0.15) is 39.5 Å². The van der Waals surface area contributed by atoms with Crippen LogP contribution in [-0.2, 0) is 19.4 Å². The van der Waals surface area contributed by atoms with Crippen molar-refractivity contribution >= 4 is 11.9 Å². The first kappa shape index (κ1) is 14.9. The quantitative estimate of drug-likeness (QED) is 0.507. The van der Waals surface area contributed by atoms with Gasteiger partial charge >= 0.3 is 11.9 Å². The van der Waals surface area contributed by atoms with Crippen molar-refractivity contribution in [1.29, 1.82) is 0 Å². The van der Waals surface area contributed by atoms with E-state index in [1.54, 1.807) is 0 Å². The van der Waals surface area contributed by atoms with Crippen LogP contribution in [-0.4, -0.2) is 34.4 Å². The summed E-state index contributed by atoms with van der Waals surface area (Å²) in [6.45, 7) is 3.28. The van der Waals surface area contributed by atoms with Crippen LogP contribution in [0.25, 0.3) is 0 Å². The molecule has 0 bridgehead atoms. The Kier molecular flexibility index (Phi) is 7.49. The molecular weight excluding hydrogens is 216 g/mol. The molecule has 2 atom stereocenters. The van der Waals surface area contributed by atoms with E-state index in [9.17, 15) is 14.7 Å². The molecule has 0 aliphatic carbocycles. The highest BCUT2D eigenvalue weighted by atomic mass is 17.2. The summed E-state index contributed by atoms with van der Waals surface area (Å²) in [7, 11) is 0. The molecule has 2 N–H and O–H groups in total. The molecule has 0 spiro atoms. The Morgan fingerprint density at radius 2 is 1.62 bits per heavy atom. The molecule has 0 aromatic carbocycles. The molecule has 0 aliphatic rings. The molecule has 0 rings (SSSR count). The predicted octanol–water partition coefficient (Wildman–Crippen LogP) is 0.310. The van der Waals surface area contributed by atoms with Crippen molar-refractivity contribution in [2.24, 2.45) is 0 Å². The van der Waals surface area contributed by atoms with Crippen LogP contribution in [0.3, 0.4) is 0 Å². The normalized spacial score (nSPS) is 14.0. The second-order valence-electron chi connectivity index (χ2n) is 3.61. The summed E-state index contributed by atoms with van der Waals surface area (Å²) in [4.78, 5) is 30.1. The third kappa shape index (κ3) is 8.19. The summed E-state index contributed by atoms with van der Waals surface area (Å²) in [5.41, 5.74) is 0. The molecule has 6 nitrogen and oxygen atoms in total. The second kappa shape index (κ2) is 8.06. The standard InChI is InChI=1S/C10H18O6/c1-3-4-8(12)6-10(14)16-15-9(13)5-7(2)11/h7-8,11-12H,3-6H2,1-2H3. The first-order valence-corrected chi connectivity index (χ1v) is 5.22. The van der Waals surface area contributed by atoms with Gasteiger partial charge in [-0.2, -0.15) is 0 Å². The van der Waals surface area contributed by atoms with Gasteiger partial charge in [-0.05, 0) is 13.3 Å². The highest BCUT2D eigenvalue weighted by molar-refractivity contribution is 5.73. The lowest BCUT2D eigenvalue weighted by Gasteiger charge is -2.08. The molecule has 0 amide bonds. The van der Waals surface area contributed by atoms with E-state index in [-0.39, 0.29) is 12.8 Å². The molecule has 0 saturated heterocycles. The van der Waals surface area contributed by atoms with E-state index in [4.69, 9.17) is 5.11 Å². The zero-order valence-corrected chi connectivity index (χ0v) is 9.51. The Bertz CT molecular complexity index is 225. The van der Waals surface area contributed by atoms with Gasteiger partial charge in [0.2, 0.25) is 0 Å². The molecule has 0 heterocycles. The van der Waals surface area contributed by atoms with E-state index in [1.165, 1.54) is 6.92 Å². The number of carbonyl (C=O) groups is 2. The van der Waals surface area contributed by atoms with Crippen LogP contribution >= 0.6 is 0 Å². The van der Waals surface area contributed by atoms with Crippen LogP contribution in [0.4, 0.5) is 0 Å². The summed E-state index contributed by atoms with van der Waals surface area (Å²) in [6, 6.07) is 0. The fourth-order valence-electron chi connectivity index (χ4n) is 1.03. The lowest BCUT2D eigenvalue weighted by atomic mass is 10.1. The smallest absolute Gasteiger partial charge is 0.358 e. The van der Waals surface area contributed by atoms with Gasteiger partial charge in [0.15, 0.2) is 0 Å². The van der Waals surface area contributed by atoms with Gasteiger partial charge in [0, 0.05) is 0 Å². The molecule has 94 valence electrons. The Labute approximate surface area is 94.1 Å². The van der Waals surface area contributed by atoms with Crippen LogP contribution in [0.2, 0.25) is 0 Å². The van der Waals surface area contributed by atoms with Crippen molar-refractivity contribution in [3.05, 3.63) is 0 Å². The fraction of sp³-hybridized carbons (Fsp3) is 0.800. The minimum absolute atomic E-state index is 0.213. The van der Waals surface area contributed by atoms with Crippen LogP contribution in [0.5, 0.6) is 0 Å². The van der Waals surface area contributed by atoms with Crippen molar-refractivity contribution in [2.45, 2.75) is 51.7 Å². The highest BCUT2D eigenvalue weighted by Gasteiger charge is 2.15. The summed E-state index contributed by atoms with van der Waals surface area (Å²) in [6.07, 6.45) is -0.863. The van der Waals surface area contributed by atoms with Crippen LogP contribution in [0, 0.1) is 0 Å². The Hall–Kier alpha value is -1.14.